The van der Waals surface area contributed by atoms with Gasteiger partial charge < -0.3 is 10.1 Å². The van der Waals surface area contributed by atoms with Gasteiger partial charge >= 0.3 is 5.97 Å². The number of piperidine rings is 1. The Balaban J connectivity index is 1.62. The second kappa shape index (κ2) is 9.42. The first-order valence-corrected chi connectivity index (χ1v) is 8.94. The number of carbonyl (C=O) groups excluding carboxylic acids is 1. The summed E-state index contributed by atoms with van der Waals surface area (Å²) >= 11 is 0. The molecular formula is C17H32N2O2. The molecule has 2 fully saturated rings. The molecule has 2 aliphatic heterocycles. The number of unbranched alkanes of at least 4 members (excludes halogenated alkanes) is 2. The fraction of sp³-hybridized carbons (Fsp3) is 0.941. The summed E-state index contributed by atoms with van der Waals surface area (Å²) in [7, 11) is 0. The van der Waals surface area contributed by atoms with Gasteiger partial charge in [0.15, 0.2) is 0 Å². The van der Waals surface area contributed by atoms with Crippen LogP contribution in [0, 0.1) is 0 Å². The molecule has 0 radical (unpaired) electrons. The SMILES string of the molecule is CCOC(=O)CCCCCN1CCCCC1C1CCCN1. The Morgan fingerprint density at radius 1 is 1.19 bits per heavy atom. The number of likely N-dealkylation sites (tertiary alicyclic amines) is 1. The molecule has 2 rings (SSSR count). The molecule has 2 unspecified atom stereocenters. The van der Waals surface area contributed by atoms with Crippen molar-refractivity contribution in [3.05, 3.63) is 0 Å². The lowest BCUT2D eigenvalue weighted by atomic mass is 9.94. The van der Waals surface area contributed by atoms with Crippen LogP contribution >= 0.6 is 0 Å². The fourth-order valence-electron chi connectivity index (χ4n) is 3.78. The Hall–Kier alpha value is -0.610. The van der Waals surface area contributed by atoms with Crippen molar-refractivity contribution in [1.29, 1.82) is 0 Å². The van der Waals surface area contributed by atoms with Crippen molar-refractivity contribution < 1.29 is 9.53 Å². The zero-order chi connectivity index (χ0) is 14.9. The van der Waals surface area contributed by atoms with Crippen LogP contribution in [-0.2, 0) is 9.53 Å². The zero-order valence-corrected chi connectivity index (χ0v) is 13.6. The van der Waals surface area contributed by atoms with Gasteiger partial charge in [0, 0.05) is 18.5 Å². The highest BCUT2D eigenvalue weighted by Gasteiger charge is 2.30. The highest BCUT2D eigenvalue weighted by Crippen LogP contribution is 2.24. The number of carbonyl (C=O) groups is 1. The van der Waals surface area contributed by atoms with Gasteiger partial charge in [-0.25, -0.2) is 0 Å². The molecule has 0 spiro atoms. The van der Waals surface area contributed by atoms with E-state index in [4.69, 9.17) is 4.74 Å². The standard InChI is InChI=1S/C17H32N2O2/c1-2-21-17(20)11-4-3-6-13-19-14-7-5-10-16(19)15-9-8-12-18-15/h15-16,18H,2-14H2,1H3. The summed E-state index contributed by atoms with van der Waals surface area (Å²) in [6.07, 6.45) is 10.7. The molecule has 4 nitrogen and oxygen atoms in total. The third kappa shape index (κ3) is 5.59. The predicted molar refractivity (Wildman–Crippen MR) is 85.3 cm³/mol. The Morgan fingerprint density at radius 2 is 2.10 bits per heavy atom. The summed E-state index contributed by atoms with van der Waals surface area (Å²) in [5, 5.41) is 3.68. The molecule has 0 aliphatic carbocycles. The first-order valence-electron chi connectivity index (χ1n) is 8.94. The topological polar surface area (TPSA) is 41.6 Å². The minimum atomic E-state index is -0.0384. The van der Waals surface area contributed by atoms with Gasteiger partial charge in [-0.1, -0.05) is 12.8 Å². The van der Waals surface area contributed by atoms with Crippen molar-refractivity contribution in [3.63, 3.8) is 0 Å². The lowest BCUT2D eigenvalue weighted by Crippen LogP contribution is -2.50. The van der Waals surface area contributed by atoms with Crippen LogP contribution in [0.1, 0.15) is 64.7 Å². The van der Waals surface area contributed by atoms with Gasteiger partial charge in [-0.05, 0) is 65.1 Å². The van der Waals surface area contributed by atoms with E-state index in [1.165, 1.54) is 58.2 Å². The van der Waals surface area contributed by atoms with E-state index in [-0.39, 0.29) is 5.97 Å². The maximum atomic E-state index is 11.3. The largest absolute Gasteiger partial charge is 0.466 e. The Bertz CT molecular complexity index is 303. The van der Waals surface area contributed by atoms with Crippen molar-refractivity contribution in [2.75, 3.05) is 26.2 Å². The summed E-state index contributed by atoms with van der Waals surface area (Å²) < 4.78 is 4.97. The van der Waals surface area contributed by atoms with Gasteiger partial charge in [0.05, 0.1) is 6.61 Å². The molecule has 0 bridgehead atoms. The van der Waals surface area contributed by atoms with Gasteiger partial charge in [0.2, 0.25) is 0 Å². The van der Waals surface area contributed by atoms with Crippen LogP contribution < -0.4 is 5.32 Å². The average Bonchev–Trinajstić information content (AvgIpc) is 3.02. The van der Waals surface area contributed by atoms with Gasteiger partial charge in [0.1, 0.15) is 0 Å². The monoisotopic (exact) mass is 296 g/mol. The van der Waals surface area contributed by atoms with Crippen LogP contribution in [-0.4, -0.2) is 49.2 Å². The molecule has 2 saturated heterocycles. The number of nitrogens with zero attached hydrogens (tertiary/aromatic N) is 1. The zero-order valence-electron chi connectivity index (χ0n) is 13.6. The minimum absolute atomic E-state index is 0.0384. The highest BCUT2D eigenvalue weighted by atomic mass is 16.5. The van der Waals surface area contributed by atoms with Crippen molar-refractivity contribution in [3.8, 4) is 0 Å². The van der Waals surface area contributed by atoms with Gasteiger partial charge in [0.25, 0.3) is 0 Å². The lowest BCUT2D eigenvalue weighted by Gasteiger charge is -2.39. The molecule has 21 heavy (non-hydrogen) atoms. The van der Waals surface area contributed by atoms with E-state index in [0.29, 0.717) is 13.0 Å². The van der Waals surface area contributed by atoms with Crippen molar-refractivity contribution in [2.24, 2.45) is 0 Å². The van der Waals surface area contributed by atoms with Crippen molar-refractivity contribution >= 4 is 5.97 Å². The summed E-state index contributed by atoms with van der Waals surface area (Å²) in [5.41, 5.74) is 0. The molecule has 2 heterocycles. The second-order valence-corrected chi connectivity index (χ2v) is 6.42. The number of ether oxygens (including phenoxy) is 1. The second-order valence-electron chi connectivity index (χ2n) is 6.42. The molecule has 0 aromatic rings. The normalized spacial score (nSPS) is 26.9. The number of nitrogens with one attached hydrogen (secondary N) is 1. The molecule has 2 atom stereocenters. The smallest absolute Gasteiger partial charge is 0.305 e. The molecule has 1 N–H and O–H groups in total. The molecule has 0 amide bonds. The summed E-state index contributed by atoms with van der Waals surface area (Å²) in [4.78, 5) is 14.0. The molecule has 0 saturated carbocycles. The average molecular weight is 296 g/mol. The predicted octanol–water partition coefficient (Wildman–Crippen LogP) is 2.72. The molecule has 122 valence electrons. The molecule has 4 heteroatoms. The summed E-state index contributed by atoms with van der Waals surface area (Å²) in [5.74, 6) is -0.0384. The van der Waals surface area contributed by atoms with Gasteiger partial charge in [-0.3, -0.25) is 9.69 Å². The summed E-state index contributed by atoms with van der Waals surface area (Å²) in [6.45, 7) is 6.04. The first-order chi connectivity index (χ1) is 10.3. The van der Waals surface area contributed by atoms with Crippen LogP contribution in [0.5, 0.6) is 0 Å². The number of hydrogen-bond donors (Lipinski definition) is 1. The van der Waals surface area contributed by atoms with Gasteiger partial charge in [-0.2, -0.15) is 0 Å². The fourth-order valence-corrected chi connectivity index (χ4v) is 3.78. The Kier molecular flexibility index (Phi) is 7.51. The third-order valence-electron chi connectivity index (χ3n) is 4.86. The maximum Gasteiger partial charge on any atom is 0.305 e. The van der Waals surface area contributed by atoms with Crippen molar-refractivity contribution in [1.82, 2.24) is 10.2 Å². The van der Waals surface area contributed by atoms with E-state index in [1.54, 1.807) is 0 Å². The van der Waals surface area contributed by atoms with Crippen LogP contribution in [0.25, 0.3) is 0 Å². The number of hydrogen-bond acceptors (Lipinski definition) is 4. The number of rotatable bonds is 8. The van der Waals surface area contributed by atoms with E-state index in [0.717, 1.165) is 24.9 Å². The molecular weight excluding hydrogens is 264 g/mol. The number of esters is 1. The van der Waals surface area contributed by atoms with E-state index >= 15 is 0 Å². The quantitative estimate of drug-likeness (QED) is 0.552. The van der Waals surface area contributed by atoms with Gasteiger partial charge in [-0.15, -0.1) is 0 Å². The maximum absolute atomic E-state index is 11.3. The minimum Gasteiger partial charge on any atom is -0.466 e. The van der Waals surface area contributed by atoms with Crippen LogP contribution in [0.2, 0.25) is 0 Å². The molecule has 0 aromatic carbocycles. The van der Waals surface area contributed by atoms with E-state index in [9.17, 15) is 4.79 Å². The van der Waals surface area contributed by atoms with E-state index < -0.39 is 0 Å². The van der Waals surface area contributed by atoms with Crippen molar-refractivity contribution in [2.45, 2.75) is 76.8 Å². The van der Waals surface area contributed by atoms with E-state index in [2.05, 4.69) is 10.2 Å². The molecule has 2 aliphatic rings. The Morgan fingerprint density at radius 3 is 2.86 bits per heavy atom. The molecule has 0 aromatic heterocycles. The van der Waals surface area contributed by atoms with Crippen LogP contribution in [0.15, 0.2) is 0 Å². The van der Waals surface area contributed by atoms with Crippen LogP contribution in [0.4, 0.5) is 0 Å². The first kappa shape index (κ1) is 16.8. The Labute approximate surface area is 129 Å². The van der Waals surface area contributed by atoms with E-state index in [1.807, 2.05) is 6.92 Å². The third-order valence-corrected chi connectivity index (χ3v) is 4.86. The summed E-state index contributed by atoms with van der Waals surface area (Å²) in [6, 6.07) is 1.48. The highest BCUT2D eigenvalue weighted by molar-refractivity contribution is 5.69. The lowest BCUT2D eigenvalue weighted by molar-refractivity contribution is -0.143. The van der Waals surface area contributed by atoms with Crippen LogP contribution in [0.3, 0.4) is 0 Å².